The quantitative estimate of drug-likeness (QED) is 0.710. The number of halogens is 3. The summed E-state index contributed by atoms with van der Waals surface area (Å²) in [5, 5.41) is 23.0. The van der Waals surface area contributed by atoms with Crippen LogP contribution in [0.1, 0.15) is 11.1 Å². The lowest BCUT2D eigenvalue weighted by atomic mass is 9.93. The zero-order valence-corrected chi connectivity index (χ0v) is 13.7. The maximum Gasteiger partial charge on any atom is 0.423 e. The molecule has 3 N–H and O–H groups in total. The number of para-hydroxylation sites is 1. The molecule has 9 heteroatoms. The molecule has 2 aromatic carbocycles. The van der Waals surface area contributed by atoms with Gasteiger partial charge in [0.05, 0.1) is 17.8 Å². The van der Waals surface area contributed by atoms with Crippen LogP contribution < -0.4 is 10.6 Å². The van der Waals surface area contributed by atoms with Crippen molar-refractivity contribution in [1.29, 1.82) is 5.26 Å². The third-order valence-corrected chi connectivity index (χ3v) is 3.73. The van der Waals surface area contributed by atoms with Crippen molar-refractivity contribution in [2.45, 2.75) is 11.8 Å². The SMILES string of the molecule is N#Cc1ccccc1NC(=O)C(=O)NCC(O)(c1ccccc1)C(F)(F)F. The number of hydrogen-bond donors (Lipinski definition) is 3. The first-order chi connectivity index (χ1) is 12.7. The molecule has 0 aliphatic rings. The monoisotopic (exact) mass is 377 g/mol. The van der Waals surface area contributed by atoms with Crippen LogP contribution in [0.4, 0.5) is 18.9 Å². The van der Waals surface area contributed by atoms with E-state index in [-0.39, 0.29) is 11.3 Å². The van der Waals surface area contributed by atoms with Crippen molar-refractivity contribution in [2.24, 2.45) is 0 Å². The number of nitrogens with one attached hydrogen (secondary N) is 2. The average molecular weight is 377 g/mol. The van der Waals surface area contributed by atoms with Gasteiger partial charge in [-0.2, -0.15) is 18.4 Å². The van der Waals surface area contributed by atoms with E-state index < -0.39 is 35.7 Å². The molecule has 2 aromatic rings. The Morgan fingerprint density at radius 1 is 1.00 bits per heavy atom. The van der Waals surface area contributed by atoms with Crippen LogP contribution in [-0.2, 0) is 15.2 Å². The van der Waals surface area contributed by atoms with Gasteiger partial charge in [0.2, 0.25) is 5.60 Å². The molecule has 0 heterocycles. The summed E-state index contributed by atoms with van der Waals surface area (Å²) in [5.74, 6) is -2.66. The zero-order valence-electron chi connectivity index (χ0n) is 13.7. The molecular formula is C18H14F3N3O3. The summed E-state index contributed by atoms with van der Waals surface area (Å²) in [7, 11) is 0. The molecule has 0 saturated heterocycles. The molecule has 140 valence electrons. The molecule has 2 amide bonds. The number of carbonyl (C=O) groups is 2. The molecule has 0 radical (unpaired) electrons. The first kappa shape index (κ1) is 19.9. The molecule has 0 bridgehead atoms. The van der Waals surface area contributed by atoms with Crippen LogP contribution in [0.2, 0.25) is 0 Å². The van der Waals surface area contributed by atoms with Crippen LogP contribution >= 0.6 is 0 Å². The number of nitrogens with zero attached hydrogens (tertiary/aromatic N) is 1. The predicted octanol–water partition coefficient (Wildman–Crippen LogP) is 2.06. The van der Waals surface area contributed by atoms with Crippen molar-refractivity contribution < 1.29 is 27.9 Å². The van der Waals surface area contributed by atoms with Gasteiger partial charge in [-0.3, -0.25) is 9.59 Å². The minimum atomic E-state index is -5.09. The third-order valence-electron chi connectivity index (χ3n) is 3.73. The lowest BCUT2D eigenvalue weighted by molar-refractivity contribution is -0.264. The Kier molecular flexibility index (Phi) is 5.82. The average Bonchev–Trinajstić information content (AvgIpc) is 2.65. The Labute approximate surface area is 152 Å². The molecule has 0 aromatic heterocycles. The molecular weight excluding hydrogens is 363 g/mol. The van der Waals surface area contributed by atoms with Gasteiger partial charge in [-0.15, -0.1) is 0 Å². The summed E-state index contributed by atoms with van der Waals surface area (Å²) in [5.41, 5.74) is -3.73. The minimum Gasteiger partial charge on any atom is -0.375 e. The Hall–Kier alpha value is -3.38. The van der Waals surface area contributed by atoms with Crippen LogP contribution in [0.25, 0.3) is 0 Å². The number of rotatable bonds is 4. The molecule has 1 atom stereocenters. The van der Waals surface area contributed by atoms with Crippen molar-refractivity contribution in [2.75, 3.05) is 11.9 Å². The lowest BCUT2D eigenvalue weighted by Gasteiger charge is -2.31. The number of anilines is 1. The highest BCUT2D eigenvalue weighted by atomic mass is 19.4. The Morgan fingerprint density at radius 2 is 1.59 bits per heavy atom. The molecule has 6 nitrogen and oxygen atoms in total. The Bertz CT molecular complexity index is 879. The van der Waals surface area contributed by atoms with Gasteiger partial charge in [0, 0.05) is 0 Å². The highest BCUT2D eigenvalue weighted by Crippen LogP contribution is 2.38. The van der Waals surface area contributed by atoms with E-state index >= 15 is 0 Å². The third kappa shape index (κ3) is 4.43. The van der Waals surface area contributed by atoms with Gasteiger partial charge in [0.1, 0.15) is 6.07 Å². The van der Waals surface area contributed by atoms with E-state index in [9.17, 15) is 27.9 Å². The normalized spacial score (nSPS) is 13.1. The van der Waals surface area contributed by atoms with Crippen LogP contribution in [0.5, 0.6) is 0 Å². The Morgan fingerprint density at radius 3 is 2.19 bits per heavy atom. The van der Waals surface area contributed by atoms with E-state index in [0.717, 1.165) is 12.1 Å². The fourth-order valence-corrected chi connectivity index (χ4v) is 2.24. The molecule has 0 aliphatic heterocycles. The predicted molar refractivity (Wildman–Crippen MR) is 89.2 cm³/mol. The molecule has 2 rings (SSSR count). The van der Waals surface area contributed by atoms with Gasteiger partial charge in [-0.1, -0.05) is 42.5 Å². The summed E-state index contributed by atoms with van der Waals surface area (Å²) < 4.78 is 40.0. The number of alkyl halides is 3. The molecule has 0 aliphatic carbocycles. The van der Waals surface area contributed by atoms with Crippen molar-refractivity contribution in [3.8, 4) is 6.07 Å². The summed E-state index contributed by atoms with van der Waals surface area (Å²) in [6, 6.07) is 13.8. The molecule has 0 fully saturated rings. The second kappa shape index (κ2) is 7.88. The number of aliphatic hydroxyl groups is 1. The smallest absolute Gasteiger partial charge is 0.375 e. The Balaban J connectivity index is 2.12. The van der Waals surface area contributed by atoms with Gasteiger partial charge in [-0.05, 0) is 17.7 Å². The fraction of sp³-hybridized carbons (Fsp3) is 0.167. The standard InChI is InChI=1S/C18H14F3N3O3/c19-18(20,21)17(27,13-7-2-1-3-8-13)11-23-15(25)16(26)24-14-9-5-4-6-12(14)10-22/h1-9,27H,11H2,(H,23,25)(H,24,26). The zero-order chi connectivity index (χ0) is 20.1. The van der Waals surface area contributed by atoms with E-state index in [4.69, 9.17) is 5.26 Å². The molecule has 27 heavy (non-hydrogen) atoms. The van der Waals surface area contributed by atoms with Crippen LogP contribution in [0, 0.1) is 11.3 Å². The van der Waals surface area contributed by atoms with Gasteiger partial charge in [0.15, 0.2) is 0 Å². The second-order valence-electron chi connectivity index (χ2n) is 5.52. The number of hydrogen-bond acceptors (Lipinski definition) is 4. The maximum atomic E-state index is 13.3. The molecule has 1 unspecified atom stereocenters. The summed E-state index contributed by atoms with van der Waals surface area (Å²) >= 11 is 0. The largest absolute Gasteiger partial charge is 0.423 e. The van der Waals surface area contributed by atoms with Gasteiger partial charge in [-0.25, -0.2) is 0 Å². The number of benzene rings is 2. The van der Waals surface area contributed by atoms with Crippen LogP contribution in [0.3, 0.4) is 0 Å². The number of amides is 2. The summed E-state index contributed by atoms with van der Waals surface area (Å²) in [4.78, 5) is 23.8. The van der Waals surface area contributed by atoms with Crippen molar-refractivity contribution in [3.05, 3.63) is 65.7 Å². The van der Waals surface area contributed by atoms with E-state index in [2.05, 4.69) is 5.32 Å². The molecule has 0 spiro atoms. The highest BCUT2D eigenvalue weighted by molar-refractivity contribution is 6.39. The second-order valence-corrected chi connectivity index (χ2v) is 5.52. The van der Waals surface area contributed by atoms with Gasteiger partial charge >= 0.3 is 18.0 Å². The summed E-state index contributed by atoms with van der Waals surface area (Å²) in [6.07, 6.45) is -5.09. The first-order valence-corrected chi connectivity index (χ1v) is 7.62. The van der Waals surface area contributed by atoms with Crippen LogP contribution in [0.15, 0.2) is 54.6 Å². The van der Waals surface area contributed by atoms with Gasteiger partial charge < -0.3 is 15.7 Å². The maximum absolute atomic E-state index is 13.3. The fourth-order valence-electron chi connectivity index (χ4n) is 2.24. The van der Waals surface area contributed by atoms with E-state index in [1.54, 1.807) is 11.4 Å². The first-order valence-electron chi connectivity index (χ1n) is 7.62. The minimum absolute atomic E-state index is 0.0364. The van der Waals surface area contributed by atoms with Crippen molar-refractivity contribution in [3.63, 3.8) is 0 Å². The molecule has 0 saturated carbocycles. The number of carbonyl (C=O) groups excluding carboxylic acids is 2. The van der Waals surface area contributed by atoms with E-state index in [0.29, 0.717) is 0 Å². The van der Waals surface area contributed by atoms with Crippen molar-refractivity contribution in [1.82, 2.24) is 5.32 Å². The topological polar surface area (TPSA) is 102 Å². The van der Waals surface area contributed by atoms with E-state index in [1.807, 2.05) is 0 Å². The number of nitriles is 1. The van der Waals surface area contributed by atoms with Crippen molar-refractivity contribution >= 4 is 17.5 Å². The van der Waals surface area contributed by atoms with Crippen LogP contribution in [-0.4, -0.2) is 29.6 Å². The summed E-state index contributed by atoms with van der Waals surface area (Å²) in [6.45, 7) is -1.26. The lowest BCUT2D eigenvalue weighted by Crippen LogP contribution is -2.52. The van der Waals surface area contributed by atoms with Gasteiger partial charge in [0.25, 0.3) is 0 Å². The highest BCUT2D eigenvalue weighted by Gasteiger charge is 2.55. The van der Waals surface area contributed by atoms with E-state index in [1.165, 1.54) is 42.5 Å².